The van der Waals surface area contributed by atoms with Crippen LogP contribution in [0.25, 0.3) is 0 Å². The van der Waals surface area contributed by atoms with E-state index in [1.165, 1.54) is 6.42 Å². The summed E-state index contributed by atoms with van der Waals surface area (Å²) in [4.78, 5) is 29.8. The van der Waals surface area contributed by atoms with Crippen molar-refractivity contribution in [1.82, 2.24) is 9.88 Å². The molecule has 2 rings (SSSR count). The van der Waals surface area contributed by atoms with E-state index in [2.05, 4.69) is 11.9 Å². The van der Waals surface area contributed by atoms with Crippen LogP contribution in [-0.4, -0.2) is 41.5 Å². The zero-order valence-electron chi connectivity index (χ0n) is 11.9. The van der Waals surface area contributed by atoms with Crippen LogP contribution in [-0.2, 0) is 4.74 Å². The van der Waals surface area contributed by atoms with Crippen LogP contribution in [0.15, 0.2) is 5.38 Å². The molecule has 20 heavy (non-hydrogen) atoms. The van der Waals surface area contributed by atoms with Gasteiger partial charge in [0.15, 0.2) is 0 Å². The number of amides is 1. The topological polar surface area (TPSA) is 59.5 Å². The van der Waals surface area contributed by atoms with E-state index >= 15 is 0 Å². The Labute approximate surface area is 122 Å². The fourth-order valence-electron chi connectivity index (χ4n) is 2.36. The lowest BCUT2D eigenvalue weighted by Gasteiger charge is -2.31. The van der Waals surface area contributed by atoms with Gasteiger partial charge in [-0.25, -0.2) is 9.78 Å². The molecule has 0 N–H and O–H groups in total. The molecular formula is C14H20N2O3S. The van der Waals surface area contributed by atoms with Crippen LogP contribution in [0.5, 0.6) is 0 Å². The number of carbonyl (C=O) groups excluding carboxylic acids is 2. The number of carbonyl (C=O) groups is 2. The Balaban J connectivity index is 1.98. The van der Waals surface area contributed by atoms with Gasteiger partial charge in [-0.1, -0.05) is 13.3 Å². The zero-order valence-corrected chi connectivity index (χ0v) is 12.7. The van der Waals surface area contributed by atoms with Crippen LogP contribution < -0.4 is 0 Å². The highest BCUT2D eigenvalue weighted by molar-refractivity contribution is 7.11. The fraction of sp³-hybridized carbons (Fsp3) is 0.643. The van der Waals surface area contributed by atoms with Crippen LogP contribution in [0.1, 0.15) is 53.4 Å². The third-order valence-corrected chi connectivity index (χ3v) is 4.47. The maximum absolute atomic E-state index is 12.3. The molecule has 0 aliphatic carbocycles. The Bertz CT molecular complexity index is 479. The average Bonchev–Trinajstić information content (AvgIpc) is 2.97. The molecule has 1 aliphatic heterocycles. The molecule has 110 valence electrons. The Morgan fingerprint density at radius 1 is 1.40 bits per heavy atom. The number of hydrogen-bond acceptors (Lipinski definition) is 5. The van der Waals surface area contributed by atoms with Crippen molar-refractivity contribution in [3.63, 3.8) is 0 Å². The van der Waals surface area contributed by atoms with E-state index in [-0.39, 0.29) is 10.9 Å². The monoisotopic (exact) mass is 296 g/mol. The molecule has 0 spiro atoms. The summed E-state index contributed by atoms with van der Waals surface area (Å²) >= 11 is 1.16. The van der Waals surface area contributed by atoms with Crippen molar-refractivity contribution < 1.29 is 14.3 Å². The standard InChI is InChI=1S/C14H20N2O3S/c1-3-10-5-7-16(8-6-10)13(17)11-9-20-12(15-11)14(18)19-4-2/h9-10H,3-8H2,1-2H3. The maximum atomic E-state index is 12.3. The van der Waals surface area contributed by atoms with Crippen LogP contribution in [0.4, 0.5) is 0 Å². The summed E-state index contributed by atoms with van der Waals surface area (Å²) in [7, 11) is 0. The Hall–Kier alpha value is -1.43. The SMILES string of the molecule is CCOC(=O)c1nc(C(=O)N2CCC(CC)CC2)cs1. The number of ether oxygens (including phenoxy) is 1. The van der Waals surface area contributed by atoms with Crippen molar-refractivity contribution in [1.29, 1.82) is 0 Å². The second-order valence-electron chi connectivity index (χ2n) is 4.90. The van der Waals surface area contributed by atoms with Gasteiger partial charge in [0.05, 0.1) is 6.61 Å². The lowest BCUT2D eigenvalue weighted by molar-refractivity contribution is 0.0525. The first-order valence-corrected chi connectivity index (χ1v) is 7.95. The highest BCUT2D eigenvalue weighted by Crippen LogP contribution is 2.22. The molecule has 2 heterocycles. The average molecular weight is 296 g/mol. The van der Waals surface area contributed by atoms with E-state index < -0.39 is 5.97 Å². The van der Waals surface area contributed by atoms with E-state index in [1.54, 1.807) is 12.3 Å². The molecule has 0 atom stereocenters. The van der Waals surface area contributed by atoms with E-state index in [0.717, 1.165) is 43.2 Å². The number of aromatic nitrogens is 1. The number of likely N-dealkylation sites (tertiary alicyclic amines) is 1. The third kappa shape index (κ3) is 3.36. The molecule has 0 unspecified atom stereocenters. The highest BCUT2D eigenvalue weighted by Gasteiger charge is 2.25. The minimum Gasteiger partial charge on any atom is -0.461 e. The normalized spacial score (nSPS) is 16.2. The molecule has 1 saturated heterocycles. The molecule has 0 bridgehead atoms. The lowest BCUT2D eigenvalue weighted by atomic mass is 9.94. The smallest absolute Gasteiger partial charge is 0.367 e. The molecule has 0 aromatic carbocycles. The molecule has 0 radical (unpaired) electrons. The number of hydrogen-bond donors (Lipinski definition) is 0. The summed E-state index contributed by atoms with van der Waals surface area (Å²) in [6, 6.07) is 0. The Morgan fingerprint density at radius 3 is 2.70 bits per heavy atom. The van der Waals surface area contributed by atoms with Gasteiger partial charge in [-0.05, 0) is 25.7 Å². The number of rotatable bonds is 4. The van der Waals surface area contributed by atoms with Gasteiger partial charge >= 0.3 is 5.97 Å². The van der Waals surface area contributed by atoms with Gasteiger partial charge in [0.25, 0.3) is 5.91 Å². The Morgan fingerprint density at radius 2 is 2.10 bits per heavy atom. The molecule has 1 aromatic heterocycles. The summed E-state index contributed by atoms with van der Waals surface area (Å²) in [5, 5.41) is 1.89. The first kappa shape index (κ1) is 15.0. The second-order valence-corrected chi connectivity index (χ2v) is 5.76. The highest BCUT2D eigenvalue weighted by atomic mass is 32.1. The van der Waals surface area contributed by atoms with Gasteiger partial charge in [-0.2, -0.15) is 0 Å². The largest absolute Gasteiger partial charge is 0.461 e. The van der Waals surface area contributed by atoms with Crippen molar-refractivity contribution >= 4 is 23.2 Å². The van der Waals surface area contributed by atoms with Crippen molar-refractivity contribution in [2.24, 2.45) is 5.92 Å². The lowest BCUT2D eigenvalue weighted by Crippen LogP contribution is -2.38. The number of piperidine rings is 1. The summed E-state index contributed by atoms with van der Waals surface area (Å²) < 4.78 is 4.88. The first-order valence-electron chi connectivity index (χ1n) is 7.07. The molecule has 1 aromatic rings. The van der Waals surface area contributed by atoms with Crippen molar-refractivity contribution in [3.8, 4) is 0 Å². The van der Waals surface area contributed by atoms with E-state index in [4.69, 9.17) is 4.74 Å². The van der Waals surface area contributed by atoms with Gasteiger partial charge in [-0.3, -0.25) is 4.79 Å². The molecule has 6 heteroatoms. The predicted octanol–water partition coefficient (Wildman–Crippen LogP) is 2.58. The van der Waals surface area contributed by atoms with Crippen molar-refractivity contribution in [3.05, 3.63) is 16.1 Å². The summed E-state index contributed by atoms with van der Waals surface area (Å²) in [5.41, 5.74) is 0.355. The zero-order chi connectivity index (χ0) is 14.5. The summed E-state index contributed by atoms with van der Waals surface area (Å²) in [5.74, 6) is 0.192. The van der Waals surface area contributed by atoms with Crippen LogP contribution in [0.3, 0.4) is 0 Å². The van der Waals surface area contributed by atoms with Crippen LogP contribution >= 0.6 is 11.3 Å². The molecule has 0 saturated carbocycles. The van der Waals surface area contributed by atoms with E-state index in [0.29, 0.717) is 12.3 Å². The van der Waals surface area contributed by atoms with Crippen molar-refractivity contribution in [2.45, 2.75) is 33.1 Å². The number of thiazole rings is 1. The molecule has 1 fully saturated rings. The minimum absolute atomic E-state index is 0.0775. The third-order valence-electron chi connectivity index (χ3n) is 3.65. The molecular weight excluding hydrogens is 276 g/mol. The minimum atomic E-state index is -0.457. The van der Waals surface area contributed by atoms with Crippen LogP contribution in [0, 0.1) is 5.92 Å². The first-order chi connectivity index (χ1) is 9.65. The quantitative estimate of drug-likeness (QED) is 0.801. The van der Waals surface area contributed by atoms with Gasteiger partial charge in [0.2, 0.25) is 5.01 Å². The van der Waals surface area contributed by atoms with E-state index in [1.807, 2.05) is 4.90 Å². The number of nitrogens with zero attached hydrogens (tertiary/aromatic N) is 2. The van der Waals surface area contributed by atoms with Crippen LogP contribution in [0.2, 0.25) is 0 Å². The van der Waals surface area contributed by atoms with Gasteiger partial charge in [0, 0.05) is 18.5 Å². The second kappa shape index (κ2) is 6.83. The molecule has 5 nitrogen and oxygen atoms in total. The van der Waals surface area contributed by atoms with Crippen molar-refractivity contribution in [2.75, 3.05) is 19.7 Å². The van der Waals surface area contributed by atoms with Gasteiger partial charge in [0.1, 0.15) is 5.69 Å². The van der Waals surface area contributed by atoms with E-state index in [9.17, 15) is 9.59 Å². The number of esters is 1. The predicted molar refractivity (Wildman–Crippen MR) is 77.0 cm³/mol. The Kier molecular flexibility index (Phi) is 5.11. The summed E-state index contributed by atoms with van der Waals surface area (Å²) in [6.45, 7) is 5.81. The maximum Gasteiger partial charge on any atom is 0.367 e. The fourth-order valence-corrected chi connectivity index (χ4v) is 3.05. The molecule has 1 aliphatic rings. The van der Waals surface area contributed by atoms with Gasteiger partial charge < -0.3 is 9.64 Å². The van der Waals surface area contributed by atoms with Gasteiger partial charge in [-0.15, -0.1) is 11.3 Å². The molecule has 1 amide bonds. The summed E-state index contributed by atoms with van der Waals surface area (Å²) in [6.07, 6.45) is 3.28.